The normalized spacial score (nSPS) is 13.8. The average molecular weight is 566 g/mol. The van der Waals surface area contributed by atoms with Crippen LogP contribution < -0.4 is 5.32 Å². The molecule has 0 radical (unpaired) electrons. The van der Waals surface area contributed by atoms with Crippen LogP contribution in [0.4, 0.5) is 0 Å². The van der Waals surface area contributed by atoms with Gasteiger partial charge in [0.25, 0.3) is 0 Å². The molecule has 0 fully saturated rings. The maximum Gasteiger partial charge on any atom is 0.220 e. The molecule has 0 aromatic rings. The van der Waals surface area contributed by atoms with Gasteiger partial charge in [0, 0.05) is 18.4 Å². The number of carbonyl (C=O) groups is 1. The van der Waals surface area contributed by atoms with E-state index in [4.69, 9.17) is 0 Å². The van der Waals surface area contributed by atoms with E-state index in [2.05, 4.69) is 33.0 Å². The van der Waals surface area contributed by atoms with Gasteiger partial charge in [0.1, 0.15) is 0 Å². The van der Waals surface area contributed by atoms with E-state index in [-0.39, 0.29) is 24.0 Å². The Morgan fingerprint density at radius 2 is 0.850 bits per heavy atom. The van der Waals surface area contributed by atoms with Crippen molar-refractivity contribution < 1.29 is 9.90 Å². The molecule has 0 aliphatic heterocycles. The van der Waals surface area contributed by atoms with Gasteiger partial charge in [-0.2, -0.15) is 0 Å². The van der Waals surface area contributed by atoms with Crippen LogP contribution in [-0.4, -0.2) is 23.2 Å². The van der Waals surface area contributed by atoms with Gasteiger partial charge in [-0.25, -0.2) is 0 Å². The largest absolute Gasteiger partial charge is 0.393 e. The lowest BCUT2D eigenvalue weighted by atomic mass is 9.90. The van der Waals surface area contributed by atoms with Crippen molar-refractivity contribution in [2.45, 2.75) is 226 Å². The van der Waals surface area contributed by atoms with E-state index in [0.29, 0.717) is 6.42 Å². The number of amides is 1. The lowest BCUT2D eigenvalue weighted by Gasteiger charge is -2.28. The van der Waals surface area contributed by atoms with E-state index in [1.165, 1.54) is 154 Å². The smallest absolute Gasteiger partial charge is 0.220 e. The van der Waals surface area contributed by atoms with Crippen LogP contribution in [0.3, 0.4) is 0 Å². The first-order valence-corrected chi connectivity index (χ1v) is 18.5. The van der Waals surface area contributed by atoms with Crippen molar-refractivity contribution in [2.75, 3.05) is 0 Å². The lowest BCUT2D eigenvalue weighted by molar-refractivity contribution is -0.122. The van der Waals surface area contributed by atoms with Gasteiger partial charge in [0.2, 0.25) is 5.91 Å². The zero-order valence-electron chi connectivity index (χ0n) is 28.1. The third-order valence-electron chi connectivity index (χ3n) is 9.14. The zero-order chi connectivity index (χ0) is 29.5. The van der Waals surface area contributed by atoms with Crippen LogP contribution in [-0.2, 0) is 4.79 Å². The van der Waals surface area contributed by atoms with E-state index < -0.39 is 0 Å². The molecular formula is C37H75NO2. The van der Waals surface area contributed by atoms with Crippen LogP contribution in [0, 0.1) is 5.92 Å². The van der Waals surface area contributed by atoms with Gasteiger partial charge in [0.05, 0.1) is 6.10 Å². The predicted octanol–water partition coefficient (Wildman–Crippen LogP) is 11.8. The average Bonchev–Trinajstić information content (AvgIpc) is 2.96. The van der Waals surface area contributed by atoms with Gasteiger partial charge in [-0.1, -0.05) is 188 Å². The van der Waals surface area contributed by atoms with Crippen LogP contribution in [0.2, 0.25) is 0 Å². The molecule has 40 heavy (non-hydrogen) atoms. The second-order valence-corrected chi connectivity index (χ2v) is 13.0. The molecule has 0 heterocycles. The van der Waals surface area contributed by atoms with Gasteiger partial charge >= 0.3 is 0 Å². The highest BCUT2D eigenvalue weighted by molar-refractivity contribution is 5.76. The molecule has 3 nitrogen and oxygen atoms in total. The van der Waals surface area contributed by atoms with Gasteiger partial charge in [-0.15, -0.1) is 0 Å². The molecule has 0 aliphatic rings. The predicted molar refractivity (Wildman–Crippen MR) is 178 cm³/mol. The van der Waals surface area contributed by atoms with Gasteiger partial charge in [0.15, 0.2) is 0 Å². The maximum atomic E-state index is 12.5. The summed E-state index contributed by atoms with van der Waals surface area (Å²) in [5, 5.41) is 14.0. The Morgan fingerprint density at radius 3 is 1.20 bits per heavy atom. The second-order valence-electron chi connectivity index (χ2n) is 13.0. The molecule has 240 valence electrons. The standard InChI is InChI=1S/C37H75NO2/c1-5-8-10-12-14-16-18-20-21-23-25-27-29-31-33-37(40)38-35(7-3)34(4)36(39)32-30-28-26-24-22-19-17-15-13-11-9-6-2/h34-36,39H,5-33H2,1-4H3,(H,38,40). The molecule has 2 N–H and O–H groups in total. The number of hydrogen-bond donors (Lipinski definition) is 2. The molecule has 0 saturated carbocycles. The summed E-state index contributed by atoms with van der Waals surface area (Å²) in [6.45, 7) is 8.81. The van der Waals surface area contributed by atoms with Crippen LogP contribution >= 0.6 is 0 Å². The molecule has 1 amide bonds. The molecule has 0 aromatic heterocycles. The van der Waals surface area contributed by atoms with E-state index in [0.717, 1.165) is 25.7 Å². The number of hydrogen-bond acceptors (Lipinski definition) is 2. The highest BCUT2D eigenvalue weighted by Crippen LogP contribution is 2.19. The van der Waals surface area contributed by atoms with Crippen molar-refractivity contribution in [1.82, 2.24) is 5.32 Å². The molecule has 0 rings (SSSR count). The lowest BCUT2D eigenvalue weighted by Crippen LogP contribution is -2.43. The number of unbranched alkanes of at least 4 members (excludes halogenated alkanes) is 24. The zero-order valence-corrected chi connectivity index (χ0v) is 28.1. The maximum absolute atomic E-state index is 12.5. The third-order valence-corrected chi connectivity index (χ3v) is 9.14. The van der Waals surface area contributed by atoms with Crippen LogP contribution in [0.15, 0.2) is 0 Å². The minimum Gasteiger partial charge on any atom is -0.393 e. The minimum atomic E-state index is -0.311. The molecule has 3 atom stereocenters. The summed E-state index contributed by atoms with van der Waals surface area (Å²) >= 11 is 0. The number of rotatable bonds is 32. The van der Waals surface area contributed by atoms with Crippen molar-refractivity contribution in [3.05, 3.63) is 0 Å². The topological polar surface area (TPSA) is 49.3 Å². The minimum absolute atomic E-state index is 0.0893. The molecule has 3 unspecified atom stereocenters. The van der Waals surface area contributed by atoms with Crippen molar-refractivity contribution >= 4 is 5.91 Å². The van der Waals surface area contributed by atoms with E-state index in [1.54, 1.807) is 0 Å². The quantitative estimate of drug-likeness (QED) is 0.0797. The van der Waals surface area contributed by atoms with Crippen molar-refractivity contribution in [1.29, 1.82) is 0 Å². The summed E-state index contributed by atoms with van der Waals surface area (Å²) in [6, 6.07) is 0.0893. The van der Waals surface area contributed by atoms with E-state index >= 15 is 0 Å². The number of aliphatic hydroxyl groups is 1. The molecular weight excluding hydrogens is 490 g/mol. The summed E-state index contributed by atoms with van der Waals surface area (Å²) in [5.74, 6) is 0.299. The summed E-state index contributed by atoms with van der Waals surface area (Å²) in [4.78, 5) is 12.5. The molecule has 0 aromatic carbocycles. The Morgan fingerprint density at radius 1 is 0.525 bits per heavy atom. The fraction of sp³-hybridized carbons (Fsp3) is 0.973. The highest BCUT2D eigenvalue weighted by Gasteiger charge is 2.24. The number of carbonyl (C=O) groups excluding carboxylic acids is 1. The number of nitrogens with one attached hydrogen (secondary N) is 1. The van der Waals surface area contributed by atoms with Crippen molar-refractivity contribution in [3.63, 3.8) is 0 Å². The van der Waals surface area contributed by atoms with Crippen LogP contribution in [0.25, 0.3) is 0 Å². The first kappa shape index (κ1) is 39.4. The molecule has 3 heteroatoms. The Bertz CT molecular complexity index is 508. The fourth-order valence-electron chi connectivity index (χ4n) is 6.09. The van der Waals surface area contributed by atoms with Crippen LogP contribution in [0.5, 0.6) is 0 Å². The SMILES string of the molecule is CCCCCCCCCCCCCCCCC(=O)NC(CC)C(C)C(O)CCCCCCCCCCCCCC. The van der Waals surface area contributed by atoms with Crippen LogP contribution in [0.1, 0.15) is 214 Å². The Hall–Kier alpha value is -0.570. The van der Waals surface area contributed by atoms with Gasteiger partial charge in [-0.05, 0) is 19.3 Å². The Labute approximate surface area is 252 Å². The molecule has 0 saturated heterocycles. The molecule has 0 bridgehead atoms. The monoisotopic (exact) mass is 566 g/mol. The highest BCUT2D eigenvalue weighted by atomic mass is 16.3. The molecule has 0 spiro atoms. The summed E-state index contributed by atoms with van der Waals surface area (Å²) in [5.41, 5.74) is 0. The molecule has 0 aliphatic carbocycles. The van der Waals surface area contributed by atoms with Gasteiger partial charge in [-0.3, -0.25) is 4.79 Å². The van der Waals surface area contributed by atoms with Crippen molar-refractivity contribution in [2.24, 2.45) is 5.92 Å². The summed E-state index contributed by atoms with van der Waals surface area (Å²) < 4.78 is 0. The fourth-order valence-corrected chi connectivity index (χ4v) is 6.09. The number of aliphatic hydroxyl groups excluding tert-OH is 1. The van der Waals surface area contributed by atoms with E-state index in [1.807, 2.05) is 0 Å². The van der Waals surface area contributed by atoms with Crippen molar-refractivity contribution in [3.8, 4) is 0 Å². The summed E-state index contributed by atoms with van der Waals surface area (Å²) in [7, 11) is 0. The summed E-state index contributed by atoms with van der Waals surface area (Å²) in [6.07, 6.45) is 36.9. The Balaban J connectivity index is 3.68. The first-order chi connectivity index (χ1) is 19.6. The second kappa shape index (κ2) is 31.4. The van der Waals surface area contributed by atoms with E-state index in [9.17, 15) is 9.90 Å². The Kier molecular flexibility index (Phi) is 30.9. The van der Waals surface area contributed by atoms with Gasteiger partial charge < -0.3 is 10.4 Å². The first-order valence-electron chi connectivity index (χ1n) is 18.5. The third kappa shape index (κ3) is 26.3.